The summed E-state index contributed by atoms with van der Waals surface area (Å²) in [5.74, 6) is -0.392. The number of halogens is 4. The van der Waals surface area contributed by atoms with Crippen LogP contribution >= 0.6 is 58.2 Å². The van der Waals surface area contributed by atoms with Crippen LogP contribution in [-0.2, 0) is 11.3 Å². The molecule has 0 bridgehead atoms. The highest BCUT2D eigenvalue weighted by atomic mass is 35.5. The highest BCUT2D eigenvalue weighted by Crippen LogP contribution is 2.36. The Morgan fingerprint density at radius 2 is 1.72 bits per heavy atom. The highest BCUT2D eigenvalue weighted by molar-refractivity contribution is 8.18. The van der Waals surface area contributed by atoms with Gasteiger partial charge in [0.1, 0.15) is 0 Å². The van der Waals surface area contributed by atoms with Crippen LogP contribution in [0.5, 0.6) is 0 Å². The van der Waals surface area contributed by atoms with E-state index in [1.165, 1.54) is 0 Å². The predicted octanol–water partition coefficient (Wildman–Crippen LogP) is 6.54. The summed E-state index contributed by atoms with van der Waals surface area (Å²) in [7, 11) is 0. The number of benzene rings is 2. The Labute approximate surface area is 168 Å². The van der Waals surface area contributed by atoms with Crippen LogP contribution in [0.15, 0.2) is 41.3 Å². The van der Waals surface area contributed by atoms with Crippen molar-refractivity contribution in [2.24, 2.45) is 0 Å². The molecule has 128 valence electrons. The maximum atomic E-state index is 12.6. The first-order chi connectivity index (χ1) is 11.9. The molecule has 0 saturated carbocycles. The molecular weight excluding hydrogens is 424 g/mol. The van der Waals surface area contributed by atoms with Crippen molar-refractivity contribution in [3.05, 3.63) is 72.5 Å². The van der Waals surface area contributed by atoms with E-state index in [0.717, 1.165) is 16.7 Å². The lowest BCUT2D eigenvalue weighted by atomic mass is 10.2. The van der Waals surface area contributed by atoms with Gasteiger partial charge in [-0.1, -0.05) is 64.6 Å². The number of thioether (sulfide) groups is 1. The van der Waals surface area contributed by atoms with Crippen molar-refractivity contribution in [3.63, 3.8) is 0 Å². The average molecular weight is 433 g/mol. The van der Waals surface area contributed by atoms with Gasteiger partial charge in [-0.15, -0.1) is 0 Å². The van der Waals surface area contributed by atoms with Crippen LogP contribution in [0.1, 0.15) is 11.1 Å². The second-order valence-electron chi connectivity index (χ2n) is 5.16. The fraction of sp³-hybridized carbons (Fsp3) is 0.0588. The Morgan fingerprint density at radius 3 is 2.44 bits per heavy atom. The molecule has 0 unspecified atom stereocenters. The van der Waals surface area contributed by atoms with E-state index < -0.39 is 5.91 Å². The Kier molecular flexibility index (Phi) is 5.66. The minimum absolute atomic E-state index is 0.113. The molecule has 0 radical (unpaired) electrons. The van der Waals surface area contributed by atoms with E-state index in [4.69, 9.17) is 46.4 Å². The van der Waals surface area contributed by atoms with Gasteiger partial charge in [0.25, 0.3) is 11.1 Å². The lowest BCUT2D eigenvalue weighted by molar-refractivity contribution is -0.123. The van der Waals surface area contributed by atoms with Gasteiger partial charge in [-0.2, -0.15) is 0 Å². The van der Waals surface area contributed by atoms with Gasteiger partial charge in [0.2, 0.25) is 0 Å². The Bertz CT molecular complexity index is 914. The van der Waals surface area contributed by atoms with Crippen molar-refractivity contribution in [2.45, 2.75) is 6.54 Å². The van der Waals surface area contributed by atoms with E-state index in [-0.39, 0.29) is 16.7 Å². The van der Waals surface area contributed by atoms with E-state index in [0.29, 0.717) is 31.2 Å². The number of nitrogens with zero attached hydrogens (tertiary/aromatic N) is 1. The van der Waals surface area contributed by atoms with Crippen LogP contribution in [0.4, 0.5) is 4.79 Å². The molecule has 0 aliphatic carbocycles. The summed E-state index contributed by atoms with van der Waals surface area (Å²) in [6.07, 6.45) is 1.56. The standard InChI is InChI=1S/C17H9Cl4NO2S/c18-11-5-4-9(6-13(11)20)8-22-16(23)14(25-17(22)24)7-10-2-1-3-12(19)15(10)21/h1-7H,8H2/b14-7+. The third kappa shape index (κ3) is 3.99. The predicted molar refractivity (Wildman–Crippen MR) is 104 cm³/mol. The summed E-state index contributed by atoms with van der Waals surface area (Å²) < 4.78 is 0. The lowest BCUT2D eigenvalue weighted by Crippen LogP contribution is -2.27. The topological polar surface area (TPSA) is 37.4 Å². The van der Waals surface area contributed by atoms with E-state index in [1.54, 1.807) is 42.5 Å². The SMILES string of the molecule is O=C1S/C(=C/c2cccc(Cl)c2Cl)C(=O)N1Cc1ccc(Cl)c(Cl)c1. The number of hydrogen-bond donors (Lipinski definition) is 0. The summed E-state index contributed by atoms with van der Waals surface area (Å²) in [6.45, 7) is 0.113. The quantitative estimate of drug-likeness (QED) is 0.517. The first-order valence-corrected chi connectivity index (χ1v) is 9.33. The number of imide groups is 1. The minimum atomic E-state index is -0.392. The van der Waals surface area contributed by atoms with E-state index in [2.05, 4.69) is 0 Å². The maximum absolute atomic E-state index is 12.6. The van der Waals surface area contributed by atoms with Crippen molar-refractivity contribution < 1.29 is 9.59 Å². The molecule has 1 saturated heterocycles. The molecule has 1 aliphatic heterocycles. The molecule has 3 rings (SSSR count). The molecule has 25 heavy (non-hydrogen) atoms. The van der Waals surface area contributed by atoms with Crippen LogP contribution < -0.4 is 0 Å². The van der Waals surface area contributed by atoms with Crippen LogP contribution in [0.25, 0.3) is 6.08 Å². The van der Waals surface area contributed by atoms with E-state index in [1.807, 2.05) is 0 Å². The first kappa shape index (κ1) is 18.6. The molecule has 0 atom stereocenters. The van der Waals surface area contributed by atoms with Gasteiger partial charge >= 0.3 is 0 Å². The first-order valence-electron chi connectivity index (χ1n) is 7.00. The lowest BCUT2D eigenvalue weighted by Gasteiger charge is -2.13. The van der Waals surface area contributed by atoms with Crippen molar-refractivity contribution in [1.29, 1.82) is 0 Å². The number of hydrogen-bond acceptors (Lipinski definition) is 3. The number of carbonyl (C=O) groups excluding carboxylic acids is 2. The Hall–Kier alpha value is -1.17. The maximum Gasteiger partial charge on any atom is 0.293 e. The molecule has 1 aliphatic rings. The van der Waals surface area contributed by atoms with Crippen molar-refractivity contribution in [2.75, 3.05) is 0 Å². The number of carbonyl (C=O) groups is 2. The molecule has 0 aromatic heterocycles. The van der Waals surface area contributed by atoms with Gasteiger partial charge in [0.05, 0.1) is 31.5 Å². The third-order valence-electron chi connectivity index (χ3n) is 3.47. The molecule has 3 nitrogen and oxygen atoms in total. The minimum Gasteiger partial charge on any atom is -0.268 e. The van der Waals surface area contributed by atoms with E-state index in [9.17, 15) is 9.59 Å². The normalized spacial score (nSPS) is 16.2. The van der Waals surface area contributed by atoms with Gasteiger partial charge in [-0.25, -0.2) is 0 Å². The summed E-state index contributed by atoms with van der Waals surface area (Å²) in [5, 5.41) is 1.13. The van der Waals surface area contributed by atoms with Gasteiger partial charge < -0.3 is 0 Å². The molecule has 0 N–H and O–H groups in total. The second-order valence-corrected chi connectivity index (χ2v) is 7.75. The summed E-state index contributed by atoms with van der Waals surface area (Å²) >= 11 is 24.8. The van der Waals surface area contributed by atoms with Crippen LogP contribution in [0.2, 0.25) is 20.1 Å². The van der Waals surface area contributed by atoms with Gasteiger partial charge in [0.15, 0.2) is 0 Å². The van der Waals surface area contributed by atoms with Crippen molar-refractivity contribution in [1.82, 2.24) is 4.90 Å². The summed E-state index contributed by atoms with van der Waals surface area (Å²) in [4.78, 5) is 26.2. The molecule has 0 spiro atoms. The van der Waals surface area contributed by atoms with Crippen LogP contribution in [0, 0.1) is 0 Å². The van der Waals surface area contributed by atoms with E-state index >= 15 is 0 Å². The smallest absolute Gasteiger partial charge is 0.268 e. The third-order valence-corrected chi connectivity index (χ3v) is 5.95. The number of amides is 2. The molecule has 2 aromatic rings. The van der Waals surface area contributed by atoms with Gasteiger partial charge in [0, 0.05) is 0 Å². The molecule has 2 amide bonds. The Morgan fingerprint density at radius 1 is 0.960 bits per heavy atom. The van der Waals surface area contributed by atoms with Gasteiger partial charge in [-0.05, 0) is 47.2 Å². The molecule has 1 heterocycles. The zero-order chi connectivity index (χ0) is 18.1. The second kappa shape index (κ2) is 7.60. The van der Waals surface area contributed by atoms with Crippen LogP contribution in [-0.4, -0.2) is 16.0 Å². The average Bonchev–Trinajstić information content (AvgIpc) is 2.83. The molecule has 1 fully saturated rings. The zero-order valence-corrected chi connectivity index (χ0v) is 16.3. The monoisotopic (exact) mass is 431 g/mol. The van der Waals surface area contributed by atoms with Crippen molar-refractivity contribution in [3.8, 4) is 0 Å². The number of rotatable bonds is 3. The summed E-state index contributed by atoms with van der Waals surface area (Å²) in [5.41, 5.74) is 1.29. The fourth-order valence-corrected chi connectivity index (χ4v) is 3.74. The fourth-order valence-electron chi connectivity index (χ4n) is 2.23. The van der Waals surface area contributed by atoms with Crippen LogP contribution in [0.3, 0.4) is 0 Å². The zero-order valence-electron chi connectivity index (χ0n) is 12.4. The van der Waals surface area contributed by atoms with Gasteiger partial charge in [-0.3, -0.25) is 14.5 Å². The summed E-state index contributed by atoms with van der Waals surface area (Å²) in [6, 6.07) is 10.1. The highest BCUT2D eigenvalue weighted by Gasteiger charge is 2.35. The molecule has 2 aromatic carbocycles. The largest absolute Gasteiger partial charge is 0.293 e. The molecule has 8 heteroatoms. The Balaban J connectivity index is 1.86. The molecular formula is C17H9Cl4NO2S. The van der Waals surface area contributed by atoms with Crippen molar-refractivity contribution >= 4 is 75.4 Å².